The fourth-order valence-electron chi connectivity index (χ4n) is 3.10. The smallest absolute Gasteiger partial charge is 0.439 e. The number of benzene rings is 2. The largest absolute Gasteiger partial charge is 0.460 e. The van der Waals surface area contributed by atoms with E-state index in [1.165, 1.54) is 23.5 Å². The van der Waals surface area contributed by atoms with Gasteiger partial charge in [0.1, 0.15) is 17.1 Å². The molecule has 5 aromatic rings. The summed E-state index contributed by atoms with van der Waals surface area (Å²) in [5.41, 5.74) is 0.870. The standard InChI is InChI=1S/C19H9ClFNO3S/c1-8-4-9-5-13-14(25-19(23)22-13)7-12(9)17(24-8)18-16(20)11-3-2-10(21)6-15(11)26-18/h2-7H,1H3. The van der Waals surface area contributed by atoms with Crippen LogP contribution >= 0.6 is 22.9 Å². The molecule has 0 spiro atoms. The minimum absolute atomic E-state index is 0.320. The van der Waals surface area contributed by atoms with Gasteiger partial charge >= 0.3 is 5.76 Å². The average Bonchev–Trinajstić information content (AvgIpc) is 3.10. The second kappa shape index (κ2) is 5.40. The number of halogens is 2. The number of aromatic nitrogens is 1. The Bertz CT molecular complexity index is 1400. The Hall–Kier alpha value is -2.70. The minimum atomic E-state index is -0.638. The minimum Gasteiger partial charge on any atom is -0.460 e. The highest BCUT2D eigenvalue weighted by atomic mass is 35.5. The summed E-state index contributed by atoms with van der Waals surface area (Å²) in [7, 11) is 0. The predicted octanol–water partition coefficient (Wildman–Crippen LogP) is 5.92. The van der Waals surface area contributed by atoms with Gasteiger partial charge in [0.25, 0.3) is 0 Å². The highest BCUT2D eigenvalue weighted by Gasteiger charge is 2.19. The number of aryl methyl sites for hydroxylation is 1. The quantitative estimate of drug-likeness (QED) is 0.359. The van der Waals surface area contributed by atoms with Crippen LogP contribution in [0.3, 0.4) is 0 Å². The molecule has 0 bridgehead atoms. The second-order valence-electron chi connectivity index (χ2n) is 5.96. The van der Waals surface area contributed by atoms with Gasteiger partial charge in [-0.15, -0.1) is 11.3 Å². The molecule has 128 valence electrons. The molecule has 0 atom stereocenters. The second-order valence-corrected chi connectivity index (χ2v) is 7.39. The van der Waals surface area contributed by atoms with Crippen LogP contribution < -0.4 is 5.76 Å². The summed E-state index contributed by atoms with van der Waals surface area (Å²) in [6.07, 6.45) is 0. The molecular formula is C19H9ClFNO3S. The van der Waals surface area contributed by atoms with Crippen molar-refractivity contribution in [3.05, 3.63) is 63.5 Å². The van der Waals surface area contributed by atoms with Crippen LogP contribution in [0.4, 0.5) is 4.39 Å². The molecule has 0 aliphatic heterocycles. The fraction of sp³-hybridized carbons (Fsp3) is 0.0526. The SMILES string of the molecule is Cc1cc2cc3nc(=O)oc3cc2c(-c2sc3cc(F)ccc3c2Cl)o1. The van der Waals surface area contributed by atoms with Gasteiger partial charge in [0.2, 0.25) is 0 Å². The molecule has 3 heterocycles. The van der Waals surface area contributed by atoms with E-state index in [4.69, 9.17) is 20.4 Å². The molecular weight excluding hydrogens is 377 g/mol. The lowest BCUT2D eigenvalue weighted by molar-refractivity contribution is 0.538. The van der Waals surface area contributed by atoms with Crippen LogP contribution in [0.1, 0.15) is 5.76 Å². The molecule has 0 radical (unpaired) electrons. The van der Waals surface area contributed by atoms with Gasteiger partial charge in [-0.05, 0) is 48.7 Å². The summed E-state index contributed by atoms with van der Waals surface area (Å²) in [5, 5.41) is 2.86. The summed E-state index contributed by atoms with van der Waals surface area (Å²) in [5.74, 6) is 0.273. The first-order valence-electron chi connectivity index (χ1n) is 7.72. The lowest BCUT2D eigenvalue weighted by Gasteiger charge is -2.07. The number of thiophene rings is 1. The first-order chi connectivity index (χ1) is 12.5. The zero-order valence-corrected chi connectivity index (χ0v) is 14.9. The number of hydrogen-bond acceptors (Lipinski definition) is 5. The van der Waals surface area contributed by atoms with Gasteiger partial charge in [-0.25, -0.2) is 9.18 Å². The van der Waals surface area contributed by atoms with Crippen LogP contribution in [0.15, 0.2) is 50.0 Å². The monoisotopic (exact) mass is 385 g/mol. The topological polar surface area (TPSA) is 56.2 Å². The van der Waals surface area contributed by atoms with Gasteiger partial charge in [-0.3, -0.25) is 0 Å². The molecule has 0 fully saturated rings. The molecule has 0 aliphatic carbocycles. The van der Waals surface area contributed by atoms with E-state index in [0.717, 1.165) is 20.9 Å². The molecule has 0 saturated carbocycles. The lowest BCUT2D eigenvalue weighted by atomic mass is 10.1. The Balaban J connectivity index is 1.90. The highest BCUT2D eigenvalue weighted by Crippen LogP contribution is 2.45. The zero-order chi connectivity index (χ0) is 18.0. The van der Waals surface area contributed by atoms with Crippen molar-refractivity contribution in [3.8, 4) is 10.6 Å². The summed E-state index contributed by atoms with van der Waals surface area (Å²) in [4.78, 5) is 16.0. The maximum Gasteiger partial charge on any atom is 0.439 e. The summed E-state index contributed by atoms with van der Waals surface area (Å²) in [6, 6.07) is 9.85. The fourth-order valence-corrected chi connectivity index (χ4v) is 4.64. The Morgan fingerprint density at radius 2 is 1.96 bits per heavy atom. The van der Waals surface area contributed by atoms with Crippen molar-refractivity contribution in [2.45, 2.75) is 6.92 Å². The average molecular weight is 386 g/mol. The van der Waals surface area contributed by atoms with Crippen molar-refractivity contribution >= 4 is 54.9 Å². The van der Waals surface area contributed by atoms with Gasteiger partial charge in [-0.2, -0.15) is 4.98 Å². The maximum absolute atomic E-state index is 13.6. The summed E-state index contributed by atoms with van der Waals surface area (Å²) >= 11 is 7.91. The predicted molar refractivity (Wildman–Crippen MR) is 101 cm³/mol. The molecule has 26 heavy (non-hydrogen) atoms. The molecule has 5 rings (SSSR count). The normalized spacial score (nSPS) is 11.8. The van der Waals surface area contributed by atoms with Crippen molar-refractivity contribution < 1.29 is 13.2 Å². The van der Waals surface area contributed by atoms with Gasteiger partial charge < -0.3 is 8.83 Å². The van der Waals surface area contributed by atoms with Crippen molar-refractivity contribution in [2.24, 2.45) is 0 Å². The Morgan fingerprint density at radius 3 is 2.81 bits per heavy atom. The van der Waals surface area contributed by atoms with Crippen LogP contribution in [0, 0.1) is 12.7 Å². The Kier molecular flexibility index (Phi) is 3.23. The molecule has 7 heteroatoms. The van der Waals surface area contributed by atoms with Crippen LogP contribution in [0.25, 0.3) is 42.6 Å². The van der Waals surface area contributed by atoms with Crippen LogP contribution in [0.5, 0.6) is 0 Å². The molecule has 2 aromatic carbocycles. The number of fused-ring (bicyclic) bond motifs is 3. The lowest BCUT2D eigenvalue weighted by Crippen LogP contribution is -1.92. The van der Waals surface area contributed by atoms with Gasteiger partial charge in [0, 0.05) is 15.5 Å². The van der Waals surface area contributed by atoms with E-state index in [2.05, 4.69) is 4.98 Å². The molecule has 0 aliphatic rings. The number of nitrogens with zero attached hydrogens (tertiary/aromatic N) is 1. The van der Waals surface area contributed by atoms with E-state index >= 15 is 0 Å². The van der Waals surface area contributed by atoms with Gasteiger partial charge in [0.15, 0.2) is 11.3 Å². The molecule has 0 unspecified atom stereocenters. The van der Waals surface area contributed by atoms with Crippen LogP contribution in [0.2, 0.25) is 5.02 Å². The van der Waals surface area contributed by atoms with E-state index in [1.54, 1.807) is 18.2 Å². The van der Waals surface area contributed by atoms with Crippen molar-refractivity contribution in [1.82, 2.24) is 4.98 Å². The van der Waals surface area contributed by atoms with Crippen molar-refractivity contribution in [2.75, 3.05) is 0 Å². The number of hydrogen-bond donors (Lipinski definition) is 0. The maximum atomic E-state index is 13.6. The van der Waals surface area contributed by atoms with Gasteiger partial charge in [0.05, 0.1) is 9.90 Å². The molecule has 0 saturated heterocycles. The highest BCUT2D eigenvalue weighted by molar-refractivity contribution is 7.23. The van der Waals surface area contributed by atoms with Gasteiger partial charge in [-0.1, -0.05) is 11.6 Å². The first-order valence-corrected chi connectivity index (χ1v) is 8.92. The number of oxazole rings is 1. The zero-order valence-electron chi connectivity index (χ0n) is 13.3. The summed E-state index contributed by atoms with van der Waals surface area (Å²) < 4.78 is 25.4. The molecule has 0 N–H and O–H groups in total. The molecule has 0 amide bonds. The third kappa shape index (κ3) is 2.26. The van der Waals surface area contributed by atoms with Crippen LogP contribution in [-0.2, 0) is 0 Å². The third-order valence-corrected chi connectivity index (χ3v) is 5.86. The summed E-state index contributed by atoms with van der Waals surface area (Å²) in [6.45, 7) is 1.83. The van der Waals surface area contributed by atoms with Crippen molar-refractivity contribution in [1.29, 1.82) is 0 Å². The van der Waals surface area contributed by atoms with E-state index in [1.807, 2.05) is 13.0 Å². The van der Waals surface area contributed by atoms with E-state index in [0.29, 0.717) is 32.5 Å². The molecule has 3 aromatic heterocycles. The third-order valence-electron chi connectivity index (χ3n) is 4.20. The van der Waals surface area contributed by atoms with Crippen molar-refractivity contribution in [3.63, 3.8) is 0 Å². The Labute approximate surface area is 154 Å². The molecule has 4 nitrogen and oxygen atoms in total. The van der Waals surface area contributed by atoms with Crippen LogP contribution in [-0.4, -0.2) is 4.98 Å². The van der Waals surface area contributed by atoms with E-state index < -0.39 is 5.76 Å². The first kappa shape index (κ1) is 15.5. The Morgan fingerprint density at radius 1 is 1.12 bits per heavy atom. The van der Waals surface area contributed by atoms with E-state index in [-0.39, 0.29) is 5.82 Å². The number of rotatable bonds is 1. The van der Waals surface area contributed by atoms with E-state index in [9.17, 15) is 9.18 Å².